The molecule has 1 saturated heterocycles. The minimum Gasteiger partial charge on any atom is -0.378 e. The summed E-state index contributed by atoms with van der Waals surface area (Å²) in [5.74, 6) is 0.553. The fourth-order valence-electron chi connectivity index (χ4n) is 2.84. The van der Waals surface area contributed by atoms with Gasteiger partial charge in [0.05, 0.1) is 18.8 Å². The topological polar surface area (TPSA) is 67.4 Å². The maximum atomic E-state index is 12.3. The Balaban J connectivity index is 1.62. The molecule has 0 spiro atoms. The molecule has 118 valence electrons. The van der Waals surface area contributed by atoms with Gasteiger partial charge in [-0.15, -0.1) is 0 Å². The molecular formula is C16H22N4O2. The van der Waals surface area contributed by atoms with Gasteiger partial charge in [0.25, 0.3) is 5.91 Å². The van der Waals surface area contributed by atoms with Crippen LogP contribution >= 0.6 is 0 Å². The Hall–Kier alpha value is -1.95. The van der Waals surface area contributed by atoms with Gasteiger partial charge in [-0.3, -0.25) is 4.79 Å². The van der Waals surface area contributed by atoms with Gasteiger partial charge in [-0.2, -0.15) is 0 Å². The summed E-state index contributed by atoms with van der Waals surface area (Å²) in [6.45, 7) is 5.08. The summed E-state index contributed by atoms with van der Waals surface area (Å²) in [4.78, 5) is 23.0. The highest BCUT2D eigenvalue weighted by Crippen LogP contribution is 2.17. The van der Waals surface area contributed by atoms with Crippen molar-refractivity contribution in [1.29, 1.82) is 0 Å². The Bertz CT molecular complexity index is 550. The molecule has 6 heteroatoms. The fraction of sp³-hybridized carbons (Fsp3) is 0.562. The van der Waals surface area contributed by atoms with Crippen LogP contribution in [0.2, 0.25) is 0 Å². The highest BCUT2D eigenvalue weighted by Gasteiger charge is 2.17. The largest absolute Gasteiger partial charge is 0.378 e. The molecule has 1 amide bonds. The molecule has 0 aromatic carbocycles. The Labute approximate surface area is 130 Å². The van der Waals surface area contributed by atoms with Crippen molar-refractivity contribution in [2.45, 2.75) is 32.2 Å². The van der Waals surface area contributed by atoms with Crippen LogP contribution in [0.5, 0.6) is 0 Å². The number of anilines is 1. The number of hydrogen-bond donors (Lipinski definition) is 1. The molecule has 1 aromatic heterocycles. The predicted octanol–water partition coefficient (Wildman–Crippen LogP) is 1.54. The Morgan fingerprint density at radius 3 is 2.73 bits per heavy atom. The van der Waals surface area contributed by atoms with E-state index in [1.54, 1.807) is 12.4 Å². The van der Waals surface area contributed by atoms with Gasteiger partial charge < -0.3 is 15.0 Å². The van der Waals surface area contributed by atoms with Crippen molar-refractivity contribution in [1.82, 2.24) is 15.3 Å². The van der Waals surface area contributed by atoms with E-state index in [2.05, 4.69) is 33.2 Å². The second-order valence-corrected chi connectivity index (χ2v) is 5.86. The van der Waals surface area contributed by atoms with Crippen molar-refractivity contribution >= 4 is 11.9 Å². The van der Waals surface area contributed by atoms with Gasteiger partial charge in [0, 0.05) is 31.5 Å². The first-order valence-electron chi connectivity index (χ1n) is 7.85. The van der Waals surface area contributed by atoms with Gasteiger partial charge in [-0.05, 0) is 26.2 Å². The molecular weight excluding hydrogens is 280 g/mol. The highest BCUT2D eigenvalue weighted by molar-refractivity contribution is 5.94. The number of nitrogens with zero attached hydrogens (tertiary/aromatic N) is 3. The lowest BCUT2D eigenvalue weighted by Gasteiger charge is -2.26. The number of hydrogen-bond acceptors (Lipinski definition) is 5. The molecule has 0 saturated carbocycles. The first-order chi connectivity index (χ1) is 10.7. The van der Waals surface area contributed by atoms with E-state index in [0.29, 0.717) is 24.7 Å². The molecule has 2 aliphatic rings. The van der Waals surface area contributed by atoms with E-state index in [4.69, 9.17) is 4.74 Å². The number of ether oxygens (including phenoxy) is 1. The first kappa shape index (κ1) is 15.0. The van der Waals surface area contributed by atoms with Gasteiger partial charge in [0.1, 0.15) is 0 Å². The van der Waals surface area contributed by atoms with Gasteiger partial charge in [-0.25, -0.2) is 9.97 Å². The average molecular weight is 302 g/mol. The third kappa shape index (κ3) is 3.62. The second-order valence-electron chi connectivity index (χ2n) is 5.86. The summed E-state index contributed by atoms with van der Waals surface area (Å²) in [5.41, 5.74) is 1.85. The number of rotatable bonds is 3. The van der Waals surface area contributed by atoms with Crippen molar-refractivity contribution in [3.63, 3.8) is 0 Å². The van der Waals surface area contributed by atoms with Gasteiger partial charge in [0.2, 0.25) is 5.95 Å². The molecule has 3 rings (SSSR count). The summed E-state index contributed by atoms with van der Waals surface area (Å²) < 4.78 is 5.31. The third-order valence-corrected chi connectivity index (χ3v) is 4.08. The molecule has 1 atom stereocenters. The van der Waals surface area contributed by atoms with Gasteiger partial charge in [-0.1, -0.05) is 11.6 Å². The van der Waals surface area contributed by atoms with E-state index in [-0.39, 0.29) is 11.9 Å². The number of nitrogens with one attached hydrogen (secondary N) is 1. The number of aromatic nitrogens is 2. The highest BCUT2D eigenvalue weighted by atomic mass is 16.5. The maximum Gasteiger partial charge on any atom is 0.254 e. The Kier molecular flexibility index (Phi) is 4.68. The monoisotopic (exact) mass is 302 g/mol. The van der Waals surface area contributed by atoms with E-state index in [0.717, 1.165) is 32.4 Å². The zero-order valence-corrected chi connectivity index (χ0v) is 12.9. The Morgan fingerprint density at radius 1 is 1.32 bits per heavy atom. The van der Waals surface area contributed by atoms with Crippen molar-refractivity contribution < 1.29 is 9.53 Å². The normalized spacial score (nSPS) is 22.1. The third-order valence-electron chi connectivity index (χ3n) is 4.08. The molecule has 1 N–H and O–H groups in total. The van der Waals surface area contributed by atoms with E-state index in [9.17, 15) is 4.79 Å². The average Bonchev–Trinajstić information content (AvgIpc) is 2.56. The molecule has 22 heavy (non-hydrogen) atoms. The summed E-state index contributed by atoms with van der Waals surface area (Å²) in [6, 6.07) is 0.125. The van der Waals surface area contributed by atoms with Crippen LogP contribution in [0.15, 0.2) is 24.0 Å². The minimum absolute atomic E-state index is 0.107. The predicted molar refractivity (Wildman–Crippen MR) is 83.9 cm³/mol. The van der Waals surface area contributed by atoms with Gasteiger partial charge >= 0.3 is 0 Å². The molecule has 0 bridgehead atoms. The lowest BCUT2D eigenvalue weighted by atomic mass is 9.97. The van der Waals surface area contributed by atoms with Crippen LogP contribution in [0.1, 0.15) is 36.5 Å². The van der Waals surface area contributed by atoms with Crippen LogP contribution in [0, 0.1) is 0 Å². The van der Waals surface area contributed by atoms with Crippen molar-refractivity contribution in [2.75, 3.05) is 31.2 Å². The van der Waals surface area contributed by atoms with Crippen LogP contribution in [0.4, 0.5) is 5.95 Å². The molecule has 6 nitrogen and oxygen atoms in total. The van der Waals surface area contributed by atoms with E-state index >= 15 is 0 Å². The second kappa shape index (κ2) is 6.87. The van der Waals surface area contributed by atoms with E-state index in [1.807, 2.05) is 0 Å². The lowest BCUT2D eigenvalue weighted by Crippen LogP contribution is -2.37. The molecule has 1 fully saturated rings. The number of carbonyl (C=O) groups is 1. The van der Waals surface area contributed by atoms with Crippen molar-refractivity contribution in [3.05, 3.63) is 29.6 Å². The summed E-state index contributed by atoms with van der Waals surface area (Å²) in [7, 11) is 0. The van der Waals surface area contributed by atoms with Gasteiger partial charge in [0.15, 0.2) is 0 Å². The zero-order valence-electron chi connectivity index (χ0n) is 12.9. The molecule has 0 radical (unpaired) electrons. The number of carbonyl (C=O) groups excluding carboxylic acids is 1. The number of allylic oxidation sites excluding steroid dienone is 1. The first-order valence-corrected chi connectivity index (χ1v) is 7.85. The molecule has 1 aliphatic heterocycles. The molecule has 1 unspecified atom stereocenters. The zero-order chi connectivity index (χ0) is 15.4. The summed E-state index contributed by atoms with van der Waals surface area (Å²) in [6.07, 6.45) is 8.60. The van der Waals surface area contributed by atoms with E-state index in [1.165, 1.54) is 5.57 Å². The fourth-order valence-corrected chi connectivity index (χ4v) is 2.84. The summed E-state index contributed by atoms with van der Waals surface area (Å²) in [5, 5.41) is 3.04. The van der Waals surface area contributed by atoms with Crippen molar-refractivity contribution in [3.8, 4) is 0 Å². The lowest BCUT2D eigenvalue weighted by molar-refractivity contribution is 0.0941. The Morgan fingerprint density at radius 2 is 2.05 bits per heavy atom. The van der Waals surface area contributed by atoms with Crippen LogP contribution in [0.25, 0.3) is 0 Å². The SMILES string of the molecule is CC1=CC(NC(=O)c2cnc(N3CCOCC3)nc2)CCC1. The van der Waals surface area contributed by atoms with Crippen LogP contribution in [0.3, 0.4) is 0 Å². The standard InChI is InChI=1S/C16H22N4O2/c1-12-3-2-4-14(9-12)19-15(21)13-10-17-16(18-11-13)20-5-7-22-8-6-20/h9-11,14H,2-8H2,1H3,(H,19,21). The minimum atomic E-state index is -0.107. The molecule has 1 aromatic rings. The van der Waals surface area contributed by atoms with Crippen LogP contribution < -0.4 is 10.2 Å². The maximum absolute atomic E-state index is 12.3. The van der Waals surface area contributed by atoms with Crippen molar-refractivity contribution in [2.24, 2.45) is 0 Å². The number of morpholine rings is 1. The quantitative estimate of drug-likeness (QED) is 0.858. The van der Waals surface area contributed by atoms with E-state index < -0.39 is 0 Å². The smallest absolute Gasteiger partial charge is 0.254 e. The summed E-state index contributed by atoms with van der Waals surface area (Å²) >= 11 is 0. The van der Waals surface area contributed by atoms with Crippen LogP contribution in [-0.4, -0.2) is 48.2 Å². The molecule has 2 heterocycles. The van der Waals surface area contributed by atoms with Crippen LogP contribution in [-0.2, 0) is 4.74 Å². The molecule has 1 aliphatic carbocycles. The number of amides is 1.